The third-order valence-electron chi connectivity index (χ3n) is 7.48. The molecule has 2 aromatic heterocycles. The first-order chi connectivity index (χ1) is 17.5. The lowest BCUT2D eigenvalue weighted by Gasteiger charge is -2.19. The average molecular weight is 465 g/mol. The smallest absolute Gasteiger partial charge is 0.0541 e. The Balaban J connectivity index is 1.44. The van der Waals surface area contributed by atoms with Crippen LogP contribution in [0, 0.1) is 0 Å². The minimum absolute atomic E-state index is 0.112. The van der Waals surface area contributed by atoms with E-state index in [1.54, 1.807) is 0 Å². The molecule has 0 unspecified atom stereocenters. The van der Waals surface area contributed by atoms with Gasteiger partial charge in [0.2, 0.25) is 0 Å². The predicted octanol–water partition coefficient (Wildman–Crippen LogP) is 9.18. The van der Waals surface area contributed by atoms with Crippen molar-refractivity contribution in [2.45, 2.75) is 26.2 Å². The fourth-order valence-corrected chi connectivity index (χ4v) is 5.67. The van der Waals surface area contributed by atoms with Crippen molar-refractivity contribution in [2.24, 2.45) is 0 Å². The van der Waals surface area contributed by atoms with Crippen LogP contribution in [0.4, 0.5) is 0 Å². The topological polar surface area (TPSA) is 9.86 Å². The second-order valence-electron chi connectivity index (χ2n) is 10.7. The van der Waals surface area contributed by atoms with E-state index in [1.807, 2.05) is 0 Å². The molecule has 0 aliphatic carbocycles. The normalized spacial score (nSPS) is 12.3. The van der Waals surface area contributed by atoms with Gasteiger partial charge in [-0.2, -0.15) is 0 Å². The first kappa shape index (κ1) is 21.0. The van der Waals surface area contributed by atoms with Crippen molar-refractivity contribution >= 4 is 43.6 Å². The molecule has 0 aliphatic heterocycles. The molecular weight excluding hydrogens is 436 g/mol. The number of hydrogen-bond donors (Lipinski definition) is 0. The quantitative estimate of drug-likeness (QED) is 0.241. The van der Waals surface area contributed by atoms with Crippen LogP contribution in [0.2, 0.25) is 0 Å². The van der Waals surface area contributed by atoms with Gasteiger partial charge in [0.15, 0.2) is 0 Å². The first-order valence-corrected chi connectivity index (χ1v) is 12.6. The standard InChI is InChI=1S/C34H28N2/c1-34(2,3)23-16-21-33-29(22-23)28-12-6-9-15-32(28)36(33)25-19-17-24(18-20-25)35-30-13-7-4-10-26(30)27-11-5-8-14-31(27)35/h4-22H,1-3H3. The van der Waals surface area contributed by atoms with Gasteiger partial charge in [-0.15, -0.1) is 0 Å². The molecule has 0 saturated heterocycles. The third-order valence-corrected chi connectivity index (χ3v) is 7.48. The number of nitrogens with zero attached hydrogens (tertiary/aromatic N) is 2. The van der Waals surface area contributed by atoms with E-state index >= 15 is 0 Å². The molecule has 0 amide bonds. The van der Waals surface area contributed by atoms with Gasteiger partial charge in [-0.3, -0.25) is 0 Å². The number of para-hydroxylation sites is 3. The highest BCUT2D eigenvalue weighted by atomic mass is 15.0. The zero-order chi connectivity index (χ0) is 24.4. The highest BCUT2D eigenvalue weighted by Gasteiger charge is 2.18. The van der Waals surface area contributed by atoms with Crippen molar-refractivity contribution in [2.75, 3.05) is 0 Å². The van der Waals surface area contributed by atoms with Gasteiger partial charge >= 0.3 is 0 Å². The van der Waals surface area contributed by atoms with E-state index in [0.717, 1.165) is 0 Å². The monoisotopic (exact) mass is 464 g/mol. The summed E-state index contributed by atoms with van der Waals surface area (Å²) in [6.45, 7) is 6.84. The largest absolute Gasteiger partial charge is 0.309 e. The van der Waals surface area contributed by atoms with E-state index < -0.39 is 0 Å². The molecule has 36 heavy (non-hydrogen) atoms. The van der Waals surface area contributed by atoms with Crippen LogP contribution in [0.25, 0.3) is 55.0 Å². The van der Waals surface area contributed by atoms with Crippen molar-refractivity contribution in [3.63, 3.8) is 0 Å². The maximum Gasteiger partial charge on any atom is 0.0541 e. The van der Waals surface area contributed by atoms with Gasteiger partial charge in [0.1, 0.15) is 0 Å². The lowest BCUT2D eigenvalue weighted by atomic mass is 9.86. The molecule has 5 aromatic carbocycles. The molecule has 0 bridgehead atoms. The first-order valence-electron chi connectivity index (χ1n) is 12.6. The minimum Gasteiger partial charge on any atom is -0.309 e. The molecule has 7 rings (SSSR count). The maximum absolute atomic E-state index is 2.40. The number of hydrogen-bond acceptors (Lipinski definition) is 0. The van der Waals surface area contributed by atoms with Crippen LogP contribution >= 0.6 is 0 Å². The van der Waals surface area contributed by atoms with E-state index in [4.69, 9.17) is 0 Å². The van der Waals surface area contributed by atoms with Crippen molar-refractivity contribution in [1.29, 1.82) is 0 Å². The summed E-state index contributed by atoms with van der Waals surface area (Å²) in [5.41, 5.74) is 8.77. The Labute approximate surface area is 211 Å². The van der Waals surface area contributed by atoms with Crippen LogP contribution in [-0.4, -0.2) is 9.13 Å². The molecule has 7 aromatic rings. The average Bonchev–Trinajstić information content (AvgIpc) is 3.41. The van der Waals surface area contributed by atoms with E-state index in [1.165, 1.54) is 60.5 Å². The number of fused-ring (bicyclic) bond motifs is 6. The summed E-state index contributed by atoms with van der Waals surface area (Å²) in [7, 11) is 0. The molecule has 0 N–H and O–H groups in total. The molecule has 174 valence electrons. The van der Waals surface area contributed by atoms with Crippen molar-refractivity contribution in [3.05, 3.63) is 121 Å². The summed E-state index contributed by atoms with van der Waals surface area (Å²) in [5, 5.41) is 5.18. The Morgan fingerprint density at radius 3 is 1.25 bits per heavy atom. The second kappa shape index (κ2) is 7.60. The van der Waals surface area contributed by atoms with Crippen LogP contribution in [0.1, 0.15) is 26.3 Å². The molecule has 0 spiro atoms. The van der Waals surface area contributed by atoms with Gasteiger partial charge < -0.3 is 9.13 Å². The van der Waals surface area contributed by atoms with Crippen LogP contribution in [0.3, 0.4) is 0 Å². The zero-order valence-electron chi connectivity index (χ0n) is 20.9. The van der Waals surface area contributed by atoms with Gasteiger partial charge in [0.05, 0.1) is 22.1 Å². The van der Waals surface area contributed by atoms with Crippen LogP contribution in [-0.2, 0) is 5.41 Å². The Morgan fingerprint density at radius 2 is 0.806 bits per heavy atom. The minimum atomic E-state index is 0.112. The van der Waals surface area contributed by atoms with Gasteiger partial charge in [-0.1, -0.05) is 81.4 Å². The highest BCUT2D eigenvalue weighted by molar-refractivity contribution is 6.10. The molecule has 0 atom stereocenters. The van der Waals surface area contributed by atoms with Crippen LogP contribution in [0.15, 0.2) is 115 Å². The van der Waals surface area contributed by atoms with Crippen molar-refractivity contribution in [3.8, 4) is 11.4 Å². The Hall–Kier alpha value is -4.30. The Morgan fingerprint density at radius 1 is 0.417 bits per heavy atom. The lowest BCUT2D eigenvalue weighted by Crippen LogP contribution is -2.10. The second-order valence-corrected chi connectivity index (χ2v) is 10.7. The maximum atomic E-state index is 2.40. The van der Waals surface area contributed by atoms with Crippen molar-refractivity contribution in [1.82, 2.24) is 9.13 Å². The predicted molar refractivity (Wildman–Crippen MR) is 154 cm³/mol. The molecule has 0 saturated carbocycles. The molecule has 2 heterocycles. The highest BCUT2D eigenvalue weighted by Crippen LogP contribution is 2.36. The number of benzene rings is 5. The molecule has 0 radical (unpaired) electrons. The summed E-state index contributed by atoms with van der Waals surface area (Å²) in [6, 6.07) is 42.0. The van der Waals surface area contributed by atoms with E-state index in [-0.39, 0.29) is 5.41 Å². The fraction of sp³-hybridized carbons (Fsp3) is 0.118. The van der Waals surface area contributed by atoms with Gasteiger partial charge in [-0.05, 0) is 65.6 Å². The van der Waals surface area contributed by atoms with Gasteiger partial charge in [0, 0.05) is 32.9 Å². The number of rotatable bonds is 2. The Bertz CT molecular complexity index is 1850. The Kier molecular flexibility index (Phi) is 4.44. The van der Waals surface area contributed by atoms with E-state index in [2.05, 4.69) is 145 Å². The molecule has 0 fully saturated rings. The summed E-state index contributed by atoms with van der Waals surface area (Å²) in [4.78, 5) is 0. The summed E-state index contributed by atoms with van der Waals surface area (Å²) in [6.07, 6.45) is 0. The summed E-state index contributed by atoms with van der Waals surface area (Å²) >= 11 is 0. The zero-order valence-corrected chi connectivity index (χ0v) is 20.9. The summed E-state index contributed by atoms with van der Waals surface area (Å²) in [5.74, 6) is 0. The van der Waals surface area contributed by atoms with E-state index in [0.29, 0.717) is 0 Å². The lowest BCUT2D eigenvalue weighted by molar-refractivity contribution is 0.591. The SMILES string of the molecule is CC(C)(C)c1ccc2c(c1)c1ccccc1n2-c1ccc(-n2c3ccccc3c3ccccc32)cc1. The molecule has 0 aliphatic rings. The summed E-state index contributed by atoms with van der Waals surface area (Å²) < 4.78 is 4.77. The van der Waals surface area contributed by atoms with Crippen LogP contribution < -0.4 is 0 Å². The molecular formula is C34H28N2. The molecule has 2 heteroatoms. The van der Waals surface area contributed by atoms with Gasteiger partial charge in [0.25, 0.3) is 0 Å². The van der Waals surface area contributed by atoms with Crippen LogP contribution in [0.5, 0.6) is 0 Å². The van der Waals surface area contributed by atoms with E-state index in [9.17, 15) is 0 Å². The molecule has 2 nitrogen and oxygen atoms in total. The van der Waals surface area contributed by atoms with Crippen molar-refractivity contribution < 1.29 is 0 Å². The third kappa shape index (κ3) is 3.04. The fourth-order valence-electron chi connectivity index (χ4n) is 5.67. The van der Waals surface area contributed by atoms with Gasteiger partial charge in [-0.25, -0.2) is 0 Å². The number of aromatic nitrogens is 2.